The van der Waals surface area contributed by atoms with Crippen molar-refractivity contribution in [2.75, 3.05) is 12.3 Å². The molecule has 2 rings (SSSR count). The average Bonchev–Trinajstić information content (AvgIpc) is 2.64. The van der Waals surface area contributed by atoms with Crippen LogP contribution in [0.5, 0.6) is 0 Å². The summed E-state index contributed by atoms with van der Waals surface area (Å²) in [5.74, 6) is -0.285. The molecule has 2 aromatic rings. The van der Waals surface area contributed by atoms with Crippen LogP contribution >= 0.6 is 22.9 Å². The van der Waals surface area contributed by atoms with Crippen LogP contribution in [0.2, 0.25) is 0 Å². The molecule has 2 aromatic heterocycles. The maximum Gasteiger partial charge on any atom is 0.263 e. The molecule has 2 heterocycles. The van der Waals surface area contributed by atoms with Crippen LogP contribution < -0.4 is 11.1 Å². The van der Waals surface area contributed by atoms with Gasteiger partial charge >= 0.3 is 0 Å². The Morgan fingerprint density at radius 2 is 2.41 bits per heavy atom. The maximum atomic E-state index is 11.8. The molecule has 0 aliphatic rings. The van der Waals surface area contributed by atoms with Crippen LogP contribution in [0.1, 0.15) is 9.67 Å². The van der Waals surface area contributed by atoms with E-state index in [0.29, 0.717) is 20.4 Å². The summed E-state index contributed by atoms with van der Waals surface area (Å²) >= 11 is 6.77. The molecule has 0 aliphatic carbocycles. The van der Waals surface area contributed by atoms with E-state index in [1.807, 2.05) is 0 Å². The minimum atomic E-state index is -0.285. The monoisotopic (exact) mass is 268 g/mol. The van der Waals surface area contributed by atoms with Crippen LogP contribution in [0.25, 0.3) is 10.2 Å². The van der Waals surface area contributed by atoms with Crippen LogP contribution in [0.4, 0.5) is 5.69 Å². The molecule has 0 fully saturated rings. The zero-order chi connectivity index (χ0) is 12.4. The van der Waals surface area contributed by atoms with Gasteiger partial charge in [0.1, 0.15) is 9.71 Å². The van der Waals surface area contributed by atoms with Gasteiger partial charge in [0.25, 0.3) is 5.91 Å². The Morgan fingerprint density at radius 3 is 3.06 bits per heavy atom. The fourth-order valence-electron chi connectivity index (χ4n) is 1.30. The summed E-state index contributed by atoms with van der Waals surface area (Å²) < 4.78 is 0. The van der Waals surface area contributed by atoms with Gasteiger partial charge in [-0.25, -0.2) is 0 Å². The first-order valence-electron chi connectivity index (χ1n) is 4.70. The molecular formula is C10H9ClN4OS. The van der Waals surface area contributed by atoms with Crippen molar-refractivity contribution in [3.63, 3.8) is 0 Å². The first-order chi connectivity index (χ1) is 8.09. The quantitative estimate of drug-likeness (QED) is 0.889. The molecule has 7 heteroatoms. The molecule has 1 amide bonds. The second-order valence-electron chi connectivity index (χ2n) is 3.29. The minimum Gasteiger partial charge on any atom is -0.397 e. The number of nitrogens with zero attached hydrogens (tertiary/aromatic N) is 2. The first-order valence-corrected chi connectivity index (χ1v) is 5.90. The Balaban J connectivity index is 2.32. The number of thiophene rings is 1. The predicted octanol–water partition coefficient (Wildman–Crippen LogP) is 1.76. The van der Waals surface area contributed by atoms with Crippen molar-refractivity contribution in [1.82, 2.24) is 15.5 Å². The third kappa shape index (κ3) is 2.37. The number of hydrogen-bond acceptors (Lipinski definition) is 5. The van der Waals surface area contributed by atoms with Crippen LogP contribution in [0.15, 0.2) is 23.9 Å². The van der Waals surface area contributed by atoms with Gasteiger partial charge in [-0.15, -0.1) is 16.4 Å². The summed E-state index contributed by atoms with van der Waals surface area (Å²) in [7, 11) is 0. The van der Waals surface area contributed by atoms with E-state index in [0.717, 1.165) is 5.39 Å². The lowest BCUT2D eigenvalue weighted by Crippen LogP contribution is -2.24. The number of anilines is 1. The predicted molar refractivity (Wildman–Crippen MR) is 69.2 cm³/mol. The van der Waals surface area contributed by atoms with Crippen molar-refractivity contribution < 1.29 is 4.79 Å². The molecule has 0 aromatic carbocycles. The number of nitrogens with one attached hydrogen (secondary N) is 1. The molecule has 0 unspecified atom stereocenters. The lowest BCUT2D eigenvalue weighted by molar-refractivity contribution is 0.0962. The second-order valence-corrected chi connectivity index (χ2v) is 4.83. The minimum absolute atomic E-state index is 0.208. The van der Waals surface area contributed by atoms with Gasteiger partial charge in [-0.05, 0) is 6.07 Å². The third-order valence-electron chi connectivity index (χ3n) is 2.07. The Bertz CT molecular complexity index is 595. The molecule has 0 radical (unpaired) electrons. The molecule has 88 valence electrons. The molecule has 0 saturated carbocycles. The highest BCUT2D eigenvalue weighted by molar-refractivity contribution is 7.21. The van der Waals surface area contributed by atoms with Gasteiger partial charge in [-0.1, -0.05) is 18.2 Å². The molecule has 5 nitrogen and oxygen atoms in total. The number of nitrogens with two attached hydrogens (primary N) is 1. The summed E-state index contributed by atoms with van der Waals surface area (Å²) in [6.45, 7) is 3.69. The lowest BCUT2D eigenvalue weighted by Gasteiger charge is -2.01. The number of rotatable bonds is 3. The van der Waals surface area contributed by atoms with E-state index in [-0.39, 0.29) is 12.5 Å². The molecular weight excluding hydrogens is 260 g/mol. The smallest absolute Gasteiger partial charge is 0.263 e. The van der Waals surface area contributed by atoms with Gasteiger partial charge in [-0.3, -0.25) is 4.79 Å². The lowest BCUT2D eigenvalue weighted by atomic mass is 10.3. The number of hydrogen-bond donors (Lipinski definition) is 2. The van der Waals surface area contributed by atoms with Crippen LogP contribution in [-0.4, -0.2) is 22.6 Å². The molecule has 0 spiro atoms. The van der Waals surface area contributed by atoms with E-state index in [9.17, 15) is 4.79 Å². The highest BCUT2D eigenvalue weighted by atomic mass is 35.5. The van der Waals surface area contributed by atoms with E-state index in [1.165, 1.54) is 17.5 Å². The van der Waals surface area contributed by atoms with Crippen molar-refractivity contribution in [3.8, 4) is 0 Å². The third-order valence-corrected chi connectivity index (χ3v) is 3.31. The number of nitrogen functional groups attached to an aromatic ring is 1. The highest BCUT2D eigenvalue weighted by Gasteiger charge is 2.16. The number of aromatic nitrogens is 2. The van der Waals surface area contributed by atoms with Gasteiger partial charge in [0.15, 0.2) is 0 Å². The summed E-state index contributed by atoms with van der Waals surface area (Å²) in [6.07, 6.45) is 1.54. The number of fused-ring (bicyclic) bond motifs is 1. The van der Waals surface area contributed by atoms with E-state index in [4.69, 9.17) is 17.3 Å². The SMILES string of the molecule is C=C(Cl)CNC(=O)c1sc2nnccc2c1N. The zero-order valence-electron chi connectivity index (χ0n) is 8.74. The highest BCUT2D eigenvalue weighted by Crippen LogP contribution is 2.31. The van der Waals surface area contributed by atoms with Gasteiger partial charge < -0.3 is 11.1 Å². The fourth-order valence-corrected chi connectivity index (χ4v) is 2.32. The second kappa shape index (κ2) is 4.68. The molecule has 0 atom stereocenters. The molecule has 0 bridgehead atoms. The Morgan fingerprint density at radius 1 is 1.65 bits per heavy atom. The summed E-state index contributed by atoms with van der Waals surface area (Å²) in [5.41, 5.74) is 6.29. The van der Waals surface area contributed by atoms with E-state index in [1.54, 1.807) is 6.07 Å². The van der Waals surface area contributed by atoms with Crippen molar-refractivity contribution in [3.05, 3.63) is 28.8 Å². The number of halogens is 1. The molecule has 17 heavy (non-hydrogen) atoms. The van der Waals surface area contributed by atoms with Crippen LogP contribution in [0.3, 0.4) is 0 Å². The Hall–Kier alpha value is -1.66. The summed E-state index contributed by atoms with van der Waals surface area (Å²) in [5, 5.41) is 11.4. The van der Waals surface area contributed by atoms with Gasteiger partial charge in [0.2, 0.25) is 0 Å². The summed E-state index contributed by atoms with van der Waals surface area (Å²) in [6, 6.07) is 1.73. The van der Waals surface area contributed by atoms with E-state index in [2.05, 4.69) is 22.1 Å². The zero-order valence-corrected chi connectivity index (χ0v) is 10.3. The molecule has 3 N–H and O–H groups in total. The van der Waals surface area contributed by atoms with Crippen LogP contribution in [-0.2, 0) is 0 Å². The number of carbonyl (C=O) groups excluding carboxylic acids is 1. The maximum absolute atomic E-state index is 11.8. The Labute approximate surface area is 106 Å². The fraction of sp³-hybridized carbons (Fsp3) is 0.100. The van der Waals surface area contributed by atoms with Crippen molar-refractivity contribution in [1.29, 1.82) is 0 Å². The van der Waals surface area contributed by atoms with E-state index >= 15 is 0 Å². The van der Waals surface area contributed by atoms with Crippen molar-refractivity contribution in [2.45, 2.75) is 0 Å². The normalized spacial score (nSPS) is 10.4. The standard InChI is InChI=1S/C10H9ClN4OS/c1-5(11)4-13-9(16)8-7(12)6-2-3-14-15-10(6)17-8/h2-3H,1,4,12H2,(H,13,16). The summed E-state index contributed by atoms with van der Waals surface area (Å²) in [4.78, 5) is 12.9. The van der Waals surface area contributed by atoms with Gasteiger partial charge in [0, 0.05) is 10.4 Å². The number of carbonyl (C=O) groups is 1. The van der Waals surface area contributed by atoms with E-state index < -0.39 is 0 Å². The topological polar surface area (TPSA) is 80.9 Å². The largest absolute Gasteiger partial charge is 0.397 e. The first kappa shape index (κ1) is 11.8. The van der Waals surface area contributed by atoms with Crippen molar-refractivity contribution >= 4 is 44.7 Å². The average molecular weight is 269 g/mol. The van der Waals surface area contributed by atoms with Crippen LogP contribution in [0, 0.1) is 0 Å². The van der Waals surface area contributed by atoms with Crippen molar-refractivity contribution in [2.24, 2.45) is 0 Å². The number of amides is 1. The van der Waals surface area contributed by atoms with Gasteiger partial charge in [0.05, 0.1) is 18.4 Å². The Kier molecular flexibility index (Phi) is 3.26. The van der Waals surface area contributed by atoms with Gasteiger partial charge in [-0.2, -0.15) is 5.10 Å². The molecule has 0 aliphatic heterocycles. The molecule has 0 saturated heterocycles.